The molecule has 148 valence electrons. The molecule has 0 radical (unpaired) electrons. The average Bonchev–Trinajstić information content (AvgIpc) is 2.52. The van der Waals surface area contributed by atoms with Crippen molar-refractivity contribution in [2.24, 2.45) is 0 Å². The zero-order chi connectivity index (χ0) is 19.9. The highest BCUT2D eigenvalue weighted by molar-refractivity contribution is 5.79. The van der Waals surface area contributed by atoms with Crippen LogP contribution in [0, 0.1) is 0 Å². The van der Waals surface area contributed by atoms with Gasteiger partial charge in [0.2, 0.25) is 0 Å². The van der Waals surface area contributed by atoms with E-state index in [1.54, 1.807) is 6.08 Å². The maximum atomic E-state index is 10.0. The van der Waals surface area contributed by atoms with E-state index < -0.39 is 17.9 Å². The number of allylic oxidation sites excluding steroid dienone is 1. The summed E-state index contributed by atoms with van der Waals surface area (Å²) in [5, 5.41) is 23.1. The summed E-state index contributed by atoms with van der Waals surface area (Å²) in [6.45, 7) is 6.58. The van der Waals surface area contributed by atoms with Crippen molar-refractivity contribution in [3.05, 3.63) is 12.2 Å². The molecule has 0 aliphatic carbocycles. The largest absolute Gasteiger partial charge is 0.481 e. The monoisotopic (exact) mass is 364 g/mol. The van der Waals surface area contributed by atoms with E-state index in [9.17, 15) is 4.79 Å². The molecule has 0 unspecified atom stereocenters. The Bertz CT molecular complexity index is 317. The van der Waals surface area contributed by atoms with Crippen molar-refractivity contribution < 1.29 is 39.2 Å². The molecular weight excluding hydrogens is 332 g/mol. The van der Waals surface area contributed by atoms with Gasteiger partial charge in [-0.1, -0.05) is 32.3 Å². The van der Waals surface area contributed by atoms with Crippen LogP contribution in [0.15, 0.2) is 12.2 Å². The summed E-state index contributed by atoms with van der Waals surface area (Å²) in [6.07, 6.45) is 9.68. The Morgan fingerprint density at radius 2 is 1.40 bits per heavy atom. The normalized spacial score (nSPS) is 12.4. The number of carbonyl (C=O) groups is 3. The first-order valence-electron chi connectivity index (χ1n) is 8.18. The van der Waals surface area contributed by atoms with Crippen LogP contribution in [0.2, 0.25) is 0 Å². The Labute approximate surface area is 149 Å². The summed E-state index contributed by atoms with van der Waals surface area (Å²) in [5.41, 5.74) is 0. The fourth-order valence-corrected chi connectivity index (χ4v) is 1.31. The Morgan fingerprint density at radius 1 is 0.920 bits per heavy atom. The third kappa shape index (κ3) is 61.0. The fraction of sp³-hybridized carbons (Fsp3) is 0.706. The van der Waals surface area contributed by atoms with E-state index >= 15 is 0 Å². The Morgan fingerprint density at radius 3 is 1.68 bits per heavy atom. The SMILES string of the molecule is C1COCOC1.CC(=O)O.CC(=O)O.CCCCCCC=CC(=O)O. The van der Waals surface area contributed by atoms with Gasteiger partial charge in [0.15, 0.2) is 0 Å². The van der Waals surface area contributed by atoms with Gasteiger partial charge in [-0.3, -0.25) is 9.59 Å². The number of unbranched alkanes of at least 4 members (excludes halogenated alkanes) is 4. The highest BCUT2D eigenvalue weighted by Gasteiger charge is 1.94. The van der Waals surface area contributed by atoms with Gasteiger partial charge in [-0.15, -0.1) is 0 Å². The Balaban J connectivity index is -0.000000289. The van der Waals surface area contributed by atoms with Crippen LogP contribution in [0.25, 0.3) is 0 Å². The minimum atomic E-state index is -0.847. The van der Waals surface area contributed by atoms with Crippen LogP contribution in [-0.4, -0.2) is 53.2 Å². The van der Waals surface area contributed by atoms with Crippen molar-refractivity contribution in [2.45, 2.75) is 59.3 Å². The molecule has 1 saturated heterocycles. The lowest BCUT2D eigenvalue weighted by atomic mass is 10.1. The molecule has 0 aromatic heterocycles. The van der Waals surface area contributed by atoms with Crippen molar-refractivity contribution in [2.75, 3.05) is 20.0 Å². The molecule has 0 bridgehead atoms. The minimum absolute atomic E-state index is 0.500. The summed E-state index contributed by atoms with van der Waals surface area (Å²) in [6, 6.07) is 0. The molecule has 25 heavy (non-hydrogen) atoms. The molecule has 8 heteroatoms. The number of ether oxygens (including phenoxy) is 2. The zero-order valence-corrected chi connectivity index (χ0v) is 15.4. The summed E-state index contributed by atoms with van der Waals surface area (Å²) in [4.78, 5) is 28.0. The van der Waals surface area contributed by atoms with Gasteiger partial charge < -0.3 is 24.8 Å². The van der Waals surface area contributed by atoms with Crippen LogP contribution in [0.1, 0.15) is 59.3 Å². The highest BCUT2D eigenvalue weighted by atomic mass is 16.7. The quantitative estimate of drug-likeness (QED) is 0.484. The number of aliphatic carboxylic acids is 3. The first kappa shape index (κ1) is 27.9. The molecule has 3 N–H and O–H groups in total. The van der Waals surface area contributed by atoms with E-state index in [4.69, 9.17) is 34.4 Å². The molecule has 0 aromatic carbocycles. The van der Waals surface area contributed by atoms with E-state index in [0.717, 1.165) is 46.3 Å². The molecule has 0 aromatic rings. The fourth-order valence-electron chi connectivity index (χ4n) is 1.31. The molecule has 1 aliphatic heterocycles. The summed E-state index contributed by atoms with van der Waals surface area (Å²) >= 11 is 0. The standard InChI is InChI=1S/C9H16O2.C4H8O2.2C2H4O2/c1-2-3-4-5-6-7-8-9(10)11;1-2-5-4-6-3-1;2*1-2(3)4/h7-8H,2-6H2,1H3,(H,10,11);1-4H2;2*1H3,(H,3,4). The lowest BCUT2D eigenvalue weighted by molar-refractivity contribution is -0.135. The van der Waals surface area contributed by atoms with Crippen LogP contribution < -0.4 is 0 Å². The summed E-state index contributed by atoms with van der Waals surface area (Å²) in [5.74, 6) is -2.51. The highest BCUT2D eigenvalue weighted by Crippen LogP contribution is 2.02. The molecule has 1 fully saturated rings. The van der Waals surface area contributed by atoms with Gasteiger partial charge in [0.05, 0.1) is 13.2 Å². The van der Waals surface area contributed by atoms with Gasteiger partial charge in [0.1, 0.15) is 6.79 Å². The molecular formula is C17H32O8. The Hall–Kier alpha value is -1.93. The molecule has 1 rings (SSSR count). The lowest BCUT2D eigenvalue weighted by Gasteiger charge is -2.09. The van der Waals surface area contributed by atoms with Gasteiger partial charge >= 0.3 is 5.97 Å². The van der Waals surface area contributed by atoms with Gasteiger partial charge in [-0.2, -0.15) is 0 Å². The minimum Gasteiger partial charge on any atom is -0.481 e. The molecule has 8 nitrogen and oxygen atoms in total. The van der Waals surface area contributed by atoms with E-state index in [1.807, 2.05) is 0 Å². The van der Waals surface area contributed by atoms with Crippen LogP contribution >= 0.6 is 0 Å². The van der Waals surface area contributed by atoms with Crippen LogP contribution in [0.5, 0.6) is 0 Å². The topological polar surface area (TPSA) is 130 Å². The average molecular weight is 364 g/mol. The molecule has 0 spiro atoms. The summed E-state index contributed by atoms with van der Waals surface area (Å²) in [7, 11) is 0. The van der Waals surface area contributed by atoms with Crippen molar-refractivity contribution in [3.63, 3.8) is 0 Å². The smallest absolute Gasteiger partial charge is 0.327 e. The van der Waals surface area contributed by atoms with E-state index in [1.165, 1.54) is 25.3 Å². The summed E-state index contributed by atoms with van der Waals surface area (Å²) < 4.78 is 9.69. The third-order valence-corrected chi connectivity index (χ3v) is 2.23. The predicted molar refractivity (Wildman–Crippen MR) is 93.5 cm³/mol. The molecule has 0 amide bonds. The van der Waals surface area contributed by atoms with Crippen molar-refractivity contribution in [1.29, 1.82) is 0 Å². The predicted octanol–water partition coefficient (Wildman–Crippen LogP) is 3.16. The maximum absolute atomic E-state index is 10.0. The third-order valence-electron chi connectivity index (χ3n) is 2.23. The van der Waals surface area contributed by atoms with E-state index in [0.29, 0.717) is 6.79 Å². The number of carboxylic acids is 3. The number of hydrogen-bond donors (Lipinski definition) is 3. The van der Waals surface area contributed by atoms with Gasteiger partial charge in [0, 0.05) is 19.9 Å². The zero-order valence-electron chi connectivity index (χ0n) is 15.4. The van der Waals surface area contributed by atoms with Crippen molar-refractivity contribution in [1.82, 2.24) is 0 Å². The second-order valence-electron chi connectivity index (χ2n) is 4.92. The second-order valence-corrected chi connectivity index (χ2v) is 4.92. The van der Waals surface area contributed by atoms with Gasteiger partial charge in [-0.05, 0) is 19.3 Å². The maximum Gasteiger partial charge on any atom is 0.327 e. The number of carboxylic acid groups (broad SMARTS) is 3. The van der Waals surface area contributed by atoms with Crippen molar-refractivity contribution >= 4 is 17.9 Å². The molecule has 0 saturated carbocycles. The molecule has 1 heterocycles. The first-order chi connectivity index (χ1) is 11.7. The van der Waals surface area contributed by atoms with Gasteiger partial charge in [0.25, 0.3) is 11.9 Å². The molecule has 0 atom stereocenters. The van der Waals surface area contributed by atoms with Gasteiger partial charge in [-0.25, -0.2) is 4.79 Å². The van der Waals surface area contributed by atoms with Crippen molar-refractivity contribution in [3.8, 4) is 0 Å². The van der Waals surface area contributed by atoms with Crippen LogP contribution in [0.3, 0.4) is 0 Å². The Kier molecular flexibility index (Phi) is 27.1. The number of rotatable bonds is 6. The molecule has 1 aliphatic rings. The second kappa shape index (κ2) is 24.3. The first-order valence-corrected chi connectivity index (χ1v) is 8.18. The van der Waals surface area contributed by atoms with Crippen LogP contribution in [0.4, 0.5) is 0 Å². The van der Waals surface area contributed by atoms with E-state index in [2.05, 4.69) is 6.92 Å². The van der Waals surface area contributed by atoms with E-state index in [-0.39, 0.29) is 0 Å². The lowest BCUT2D eigenvalue weighted by Crippen LogP contribution is -2.11. The number of hydrogen-bond acceptors (Lipinski definition) is 5. The van der Waals surface area contributed by atoms with Crippen LogP contribution in [-0.2, 0) is 23.9 Å².